The highest BCUT2D eigenvalue weighted by atomic mass is 16.2. The van der Waals surface area contributed by atoms with Crippen LogP contribution in [0.3, 0.4) is 0 Å². The Kier molecular flexibility index (Phi) is 3.67. The number of ketones is 2. The highest BCUT2D eigenvalue weighted by molar-refractivity contribution is 6.26. The molecule has 0 fully saturated rings. The molecule has 1 N–H and O–H groups in total. The molecule has 2 rings (SSSR count). The van der Waals surface area contributed by atoms with Crippen LogP contribution in [0.15, 0.2) is 17.6 Å². The van der Waals surface area contributed by atoms with Gasteiger partial charge < -0.3 is 10.2 Å². The van der Waals surface area contributed by atoms with Gasteiger partial charge in [-0.25, -0.2) is 0 Å². The molecule has 1 aromatic heterocycles. The van der Waals surface area contributed by atoms with Crippen molar-refractivity contribution in [2.24, 2.45) is 7.05 Å². The molecule has 0 atom stereocenters. The molecule has 112 valence electrons. The number of carbonyl (C=O) groups excluding carboxylic acids is 3. The van der Waals surface area contributed by atoms with Gasteiger partial charge in [-0.2, -0.15) is 5.10 Å². The van der Waals surface area contributed by atoms with E-state index in [0.717, 1.165) is 0 Å². The summed E-state index contributed by atoms with van der Waals surface area (Å²) in [6.07, 6.45) is 1.36. The van der Waals surface area contributed by atoms with E-state index in [4.69, 9.17) is 0 Å². The second kappa shape index (κ2) is 5.16. The van der Waals surface area contributed by atoms with Gasteiger partial charge in [0.25, 0.3) is 0 Å². The van der Waals surface area contributed by atoms with Gasteiger partial charge in [-0.3, -0.25) is 19.1 Å². The molecular weight excluding hydrogens is 272 g/mol. The molecule has 0 saturated carbocycles. The summed E-state index contributed by atoms with van der Waals surface area (Å²) >= 11 is 0. The summed E-state index contributed by atoms with van der Waals surface area (Å²) in [7, 11) is 3.09. The Morgan fingerprint density at radius 3 is 2.48 bits per heavy atom. The van der Waals surface area contributed by atoms with E-state index in [1.54, 1.807) is 7.05 Å². The summed E-state index contributed by atoms with van der Waals surface area (Å²) in [5.74, 6) is -1.03. The lowest BCUT2D eigenvalue weighted by atomic mass is 9.95. The number of hydrogen-bond acceptors (Lipinski definition) is 5. The first kappa shape index (κ1) is 15.0. The zero-order chi connectivity index (χ0) is 15.9. The number of nitrogens with zero attached hydrogens (tertiary/aromatic N) is 3. The van der Waals surface area contributed by atoms with Crippen LogP contribution >= 0.6 is 0 Å². The zero-order valence-corrected chi connectivity index (χ0v) is 12.7. The number of likely N-dealkylation sites (N-methyl/N-ethyl adjacent to an activating group) is 1. The minimum absolute atomic E-state index is 0.0538. The van der Waals surface area contributed by atoms with Crippen LogP contribution in [-0.2, 0) is 11.8 Å². The van der Waals surface area contributed by atoms with Crippen molar-refractivity contribution in [1.82, 2.24) is 20.0 Å². The third-order valence-electron chi connectivity index (χ3n) is 3.32. The smallest absolute Gasteiger partial charge is 0.229 e. The van der Waals surface area contributed by atoms with Gasteiger partial charge in [0, 0.05) is 27.1 Å². The predicted octanol–water partition coefficient (Wildman–Crippen LogP) is 0.487. The number of aromatic nitrogens is 2. The quantitative estimate of drug-likeness (QED) is 0.875. The number of nitrogens with one attached hydrogen (secondary N) is 1. The van der Waals surface area contributed by atoms with E-state index in [9.17, 15) is 14.4 Å². The van der Waals surface area contributed by atoms with Crippen molar-refractivity contribution in [3.8, 4) is 0 Å². The molecule has 0 aliphatic heterocycles. The Labute approximate surface area is 122 Å². The minimum Gasteiger partial charge on any atom is -0.378 e. The lowest BCUT2D eigenvalue weighted by Gasteiger charge is -2.26. The molecule has 21 heavy (non-hydrogen) atoms. The van der Waals surface area contributed by atoms with E-state index in [-0.39, 0.29) is 46.2 Å². The van der Waals surface area contributed by atoms with Crippen molar-refractivity contribution in [1.29, 1.82) is 0 Å². The van der Waals surface area contributed by atoms with E-state index in [2.05, 4.69) is 10.4 Å². The second-order valence-electron chi connectivity index (χ2n) is 5.29. The van der Waals surface area contributed by atoms with Crippen LogP contribution in [0.5, 0.6) is 0 Å². The van der Waals surface area contributed by atoms with Crippen molar-refractivity contribution in [2.45, 2.75) is 26.8 Å². The Bertz CT molecular complexity index is 670. The number of fused-ring (bicyclic) bond motifs is 1. The van der Waals surface area contributed by atoms with Gasteiger partial charge in [0.1, 0.15) is 17.1 Å². The van der Waals surface area contributed by atoms with Gasteiger partial charge >= 0.3 is 0 Å². The molecule has 7 heteroatoms. The molecule has 1 amide bonds. The van der Waals surface area contributed by atoms with E-state index in [1.807, 2.05) is 13.8 Å². The summed E-state index contributed by atoms with van der Waals surface area (Å²) in [5.41, 5.74) is 0.675. The number of carbonyl (C=O) groups is 3. The summed E-state index contributed by atoms with van der Waals surface area (Å²) < 4.78 is 1.38. The predicted molar refractivity (Wildman–Crippen MR) is 75.6 cm³/mol. The molecule has 0 saturated heterocycles. The number of aryl methyl sites for hydroxylation is 1. The molecule has 0 spiro atoms. The topological polar surface area (TPSA) is 84.3 Å². The molecular formula is C14H18N4O3. The first-order valence-corrected chi connectivity index (χ1v) is 6.62. The number of amides is 1. The van der Waals surface area contributed by atoms with E-state index < -0.39 is 0 Å². The van der Waals surface area contributed by atoms with Gasteiger partial charge in [-0.15, -0.1) is 0 Å². The largest absolute Gasteiger partial charge is 0.378 e. The van der Waals surface area contributed by atoms with Crippen LogP contribution in [0.2, 0.25) is 0 Å². The molecule has 1 aliphatic carbocycles. The monoisotopic (exact) mass is 290 g/mol. The maximum absolute atomic E-state index is 12.6. The number of rotatable bonds is 3. The van der Waals surface area contributed by atoms with Crippen LogP contribution < -0.4 is 5.32 Å². The van der Waals surface area contributed by atoms with Crippen LogP contribution in [0, 0.1) is 0 Å². The SMILES string of the molecule is CC(=O)N(C)C1=C(NC(C)C)C(=O)c2c(cnn2C)C1=O. The van der Waals surface area contributed by atoms with Gasteiger partial charge in [-0.05, 0) is 13.8 Å². The molecule has 0 radical (unpaired) electrons. The van der Waals surface area contributed by atoms with E-state index in [0.29, 0.717) is 0 Å². The van der Waals surface area contributed by atoms with Crippen molar-refractivity contribution in [2.75, 3.05) is 7.05 Å². The van der Waals surface area contributed by atoms with Gasteiger partial charge in [0.2, 0.25) is 17.5 Å². The van der Waals surface area contributed by atoms with Crippen molar-refractivity contribution in [3.05, 3.63) is 28.8 Å². The normalized spacial score (nSPS) is 14.6. The zero-order valence-electron chi connectivity index (χ0n) is 12.7. The maximum atomic E-state index is 12.6. The third-order valence-corrected chi connectivity index (χ3v) is 3.32. The highest BCUT2D eigenvalue weighted by Crippen LogP contribution is 2.26. The van der Waals surface area contributed by atoms with Crippen LogP contribution in [-0.4, -0.2) is 45.2 Å². The standard InChI is InChI=1S/C14H18N4O3/c1-7(2)16-10-12(17(4)8(3)19)13(20)9-6-15-18(5)11(9)14(10)21/h6-7,16H,1-5H3. The minimum atomic E-state index is -0.376. The van der Waals surface area contributed by atoms with Gasteiger partial charge in [0.05, 0.1) is 11.8 Å². The number of Topliss-reactive ketones (excluding diaryl/α,β-unsaturated/α-hetero) is 2. The molecule has 1 heterocycles. The molecule has 0 bridgehead atoms. The number of hydrogen-bond donors (Lipinski definition) is 1. The molecule has 0 unspecified atom stereocenters. The van der Waals surface area contributed by atoms with E-state index in [1.165, 1.54) is 29.7 Å². The summed E-state index contributed by atoms with van der Waals surface area (Å²) in [5, 5.41) is 6.95. The first-order chi connectivity index (χ1) is 9.75. The fourth-order valence-electron chi connectivity index (χ4n) is 2.24. The fraction of sp³-hybridized carbons (Fsp3) is 0.429. The first-order valence-electron chi connectivity index (χ1n) is 6.62. The summed E-state index contributed by atoms with van der Waals surface area (Å²) in [6.45, 7) is 5.06. The average molecular weight is 290 g/mol. The number of allylic oxidation sites excluding steroid dienone is 2. The molecule has 1 aromatic rings. The van der Waals surface area contributed by atoms with E-state index >= 15 is 0 Å². The Hall–Kier alpha value is -2.44. The Morgan fingerprint density at radius 2 is 1.95 bits per heavy atom. The van der Waals surface area contributed by atoms with Crippen molar-refractivity contribution >= 4 is 17.5 Å². The summed E-state index contributed by atoms with van der Waals surface area (Å²) in [4.78, 5) is 38.1. The lowest BCUT2D eigenvalue weighted by Crippen LogP contribution is -2.40. The van der Waals surface area contributed by atoms with Gasteiger partial charge in [-0.1, -0.05) is 0 Å². The summed E-state index contributed by atoms with van der Waals surface area (Å²) in [6, 6.07) is -0.0538. The Balaban J connectivity index is 2.66. The highest BCUT2D eigenvalue weighted by Gasteiger charge is 2.38. The molecule has 0 aromatic carbocycles. The van der Waals surface area contributed by atoms with Crippen LogP contribution in [0.4, 0.5) is 0 Å². The third kappa shape index (κ3) is 2.35. The molecule has 1 aliphatic rings. The molecule has 7 nitrogen and oxygen atoms in total. The van der Waals surface area contributed by atoms with Crippen LogP contribution in [0.1, 0.15) is 41.6 Å². The van der Waals surface area contributed by atoms with Crippen molar-refractivity contribution in [3.63, 3.8) is 0 Å². The van der Waals surface area contributed by atoms with Crippen LogP contribution in [0.25, 0.3) is 0 Å². The maximum Gasteiger partial charge on any atom is 0.229 e. The fourth-order valence-corrected chi connectivity index (χ4v) is 2.24. The van der Waals surface area contributed by atoms with Crippen molar-refractivity contribution < 1.29 is 14.4 Å². The average Bonchev–Trinajstić information content (AvgIpc) is 2.77. The Morgan fingerprint density at radius 1 is 1.33 bits per heavy atom. The lowest BCUT2D eigenvalue weighted by molar-refractivity contribution is -0.125. The second-order valence-corrected chi connectivity index (χ2v) is 5.29. The van der Waals surface area contributed by atoms with Gasteiger partial charge in [0.15, 0.2) is 0 Å².